The zero-order valence-electron chi connectivity index (χ0n) is 22.2. The molecule has 37 heavy (non-hydrogen) atoms. The van der Waals surface area contributed by atoms with Crippen LogP contribution >= 0.6 is 0 Å². The normalized spacial score (nSPS) is 17.2. The van der Waals surface area contributed by atoms with Crippen LogP contribution in [-0.2, 0) is 9.59 Å². The molecule has 0 aliphatic carbocycles. The Morgan fingerprint density at radius 3 is 2.05 bits per heavy atom. The van der Waals surface area contributed by atoms with Gasteiger partial charge in [-0.15, -0.1) is 0 Å². The molecule has 1 unspecified atom stereocenters. The zero-order chi connectivity index (χ0) is 26.7. The van der Waals surface area contributed by atoms with Crippen LogP contribution in [0.4, 0.5) is 5.69 Å². The van der Waals surface area contributed by atoms with E-state index in [1.165, 1.54) is 4.90 Å². The highest BCUT2D eigenvalue weighted by Gasteiger charge is 2.47. The second kappa shape index (κ2) is 11.0. The molecule has 1 heterocycles. The number of hydrogen-bond donors (Lipinski definition) is 1. The van der Waals surface area contributed by atoms with E-state index in [-0.39, 0.29) is 11.3 Å². The molecule has 1 atom stereocenters. The van der Waals surface area contributed by atoms with Crippen LogP contribution < -0.4 is 9.64 Å². The summed E-state index contributed by atoms with van der Waals surface area (Å²) >= 11 is 0. The van der Waals surface area contributed by atoms with Gasteiger partial charge >= 0.3 is 0 Å². The van der Waals surface area contributed by atoms with Crippen LogP contribution in [0.3, 0.4) is 0 Å². The van der Waals surface area contributed by atoms with Crippen molar-refractivity contribution in [2.45, 2.75) is 58.9 Å². The summed E-state index contributed by atoms with van der Waals surface area (Å²) in [5.74, 6) is -0.291. The van der Waals surface area contributed by atoms with Crippen LogP contribution in [0, 0.1) is 0 Å². The summed E-state index contributed by atoms with van der Waals surface area (Å²) < 4.78 is 5.73. The number of ether oxygens (including phenoxy) is 1. The maximum Gasteiger partial charge on any atom is 0.300 e. The number of carbonyl (C=O) groups excluding carboxylic acids is 2. The summed E-state index contributed by atoms with van der Waals surface area (Å²) in [4.78, 5) is 28.4. The van der Waals surface area contributed by atoms with Crippen molar-refractivity contribution >= 4 is 23.1 Å². The van der Waals surface area contributed by atoms with E-state index in [1.807, 2.05) is 61.5 Å². The van der Waals surface area contributed by atoms with E-state index >= 15 is 0 Å². The first-order chi connectivity index (χ1) is 17.7. The van der Waals surface area contributed by atoms with E-state index in [0.29, 0.717) is 35.4 Å². The molecule has 0 radical (unpaired) electrons. The lowest BCUT2D eigenvalue weighted by molar-refractivity contribution is -0.132. The summed E-state index contributed by atoms with van der Waals surface area (Å²) in [5, 5.41) is 11.4. The highest BCUT2D eigenvalue weighted by atomic mass is 16.5. The van der Waals surface area contributed by atoms with Crippen molar-refractivity contribution in [3.8, 4) is 5.75 Å². The Kier molecular flexibility index (Phi) is 7.82. The van der Waals surface area contributed by atoms with E-state index < -0.39 is 17.7 Å². The predicted molar refractivity (Wildman–Crippen MR) is 148 cm³/mol. The van der Waals surface area contributed by atoms with Crippen molar-refractivity contribution in [3.63, 3.8) is 0 Å². The molecule has 4 rings (SSSR count). The lowest BCUT2D eigenvalue weighted by Crippen LogP contribution is -2.29. The van der Waals surface area contributed by atoms with Gasteiger partial charge in [0.1, 0.15) is 11.5 Å². The van der Waals surface area contributed by atoms with Gasteiger partial charge in [0.25, 0.3) is 11.7 Å². The fraction of sp³-hybridized carbons (Fsp3) is 0.312. The number of rotatable bonds is 8. The van der Waals surface area contributed by atoms with Gasteiger partial charge in [-0.3, -0.25) is 14.5 Å². The number of amides is 1. The van der Waals surface area contributed by atoms with Crippen LogP contribution in [0.25, 0.3) is 5.76 Å². The standard InChI is InChI=1S/C32H35NO4/c1-6-18-37-27-9-7-8-25(19-27)30(34)28-29(24-12-10-22(11-13-24)20(2)3)33(32(36)31(28)35)26-16-14-23(15-17-26)21(4)5/h7-17,19-21,29,34H,6,18H2,1-5H3/b30-28-. The first-order valence-electron chi connectivity index (χ1n) is 13.0. The first-order valence-corrected chi connectivity index (χ1v) is 13.0. The molecule has 1 aliphatic rings. The molecule has 0 aromatic heterocycles. The fourth-order valence-corrected chi connectivity index (χ4v) is 4.61. The fourth-order valence-electron chi connectivity index (χ4n) is 4.61. The molecule has 1 N–H and O–H groups in total. The average Bonchev–Trinajstić information content (AvgIpc) is 3.17. The van der Waals surface area contributed by atoms with Crippen LogP contribution in [-0.4, -0.2) is 23.4 Å². The molecule has 0 spiro atoms. The van der Waals surface area contributed by atoms with E-state index in [1.54, 1.807) is 18.2 Å². The number of ketones is 1. The molecule has 0 bridgehead atoms. The molecule has 1 fully saturated rings. The van der Waals surface area contributed by atoms with E-state index in [2.05, 4.69) is 27.7 Å². The first kappa shape index (κ1) is 26.2. The van der Waals surface area contributed by atoms with Gasteiger partial charge in [-0.05, 0) is 59.2 Å². The van der Waals surface area contributed by atoms with Gasteiger partial charge in [0.15, 0.2) is 0 Å². The van der Waals surface area contributed by atoms with Crippen molar-refractivity contribution in [1.82, 2.24) is 0 Å². The molecule has 3 aromatic carbocycles. The Hall–Kier alpha value is -3.86. The van der Waals surface area contributed by atoms with Crippen molar-refractivity contribution in [2.24, 2.45) is 0 Å². The molecule has 5 nitrogen and oxygen atoms in total. The topological polar surface area (TPSA) is 66.8 Å². The lowest BCUT2D eigenvalue weighted by atomic mass is 9.93. The van der Waals surface area contributed by atoms with Crippen molar-refractivity contribution in [3.05, 3.63) is 101 Å². The molecule has 192 valence electrons. The van der Waals surface area contributed by atoms with Crippen molar-refractivity contribution < 1.29 is 19.4 Å². The largest absolute Gasteiger partial charge is 0.507 e. The molecule has 1 amide bonds. The summed E-state index contributed by atoms with van der Waals surface area (Å²) in [6.07, 6.45) is 0.850. The minimum atomic E-state index is -0.758. The minimum Gasteiger partial charge on any atom is -0.507 e. The Balaban J connectivity index is 1.87. The lowest BCUT2D eigenvalue weighted by Gasteiger charge is -2.26. The molecule has 1 saturated heterocycles. The SMILES string of the molecule is CCCOc1cccc(/C(O)=C2/C(=O)C(=O)N(c3ccc(C(C)C)cc3)C2c2ccc(C(C)C)cc2)c1. The third-order valence-corrected chi connectivity index (χ3v) is 6.78. The number of Topliss-reactive ketones (excluding diaryl/α,β-unsaturated/α-hetero) is 1. The molecular formula is C32H35NO4. The van der Waals surface area contributed by atoms with Gasteiger partial charge in [-0.2, -0.15) is 0 Å². The van der Waals surface area contributed by atoms with Gasteiger partial charge in [0, 0.05) is 11.3 Å². The Bertz CT molecular complexity index is 1300. The third kappa shape index (κ3) is 5.31. The third-order valence-electron chi connectivity index (χ3n) is 6.78. The van der Waals surface area contributed by atoms with Crippen LogP contribution in [0.1, 0.15) is 81.2 Å². The van der Waals surface area contributed by atoms with Crippen LogP contribution in [0.15, 0.2) is 78.4 Å². The number of aliphatic hydroxyl groups excluding tert-OH is 1. The number of benzene rings is 3. The molecule has 1 aliphatic heterocycles. The average molecular weight is 498 g/mol. The number of anilines is 1. The van der Waals surface area contributed by atoms with Gasteiger partial charge in [0.2, 0.25) is 0 Å². The smallest absolute Gasteiger partial charge is 0.300 e. The van der Waals surface area contributed by atoms with Crippen molar-refractivity contribution in [2.75, 3.05) is 11.5 Å². The second-order valence-corrected chi connectivity index (χ2v) is 10.1. The molecular weight excluding hydrogens is 462 g/mol. The molecule has 5 heteroatoms. The summed E-state index contributed by atoms with van der Waals surface area (Å²) in [6.45, 7) is 11.0. The quantitative estimate of drug-likeness (QED) is 0.201. The Labute approximate surface area is 219 Å². The van der Waals surface area contributed by atoms with Crippen LogP contribution in [0.2, 0.25) is 0 Å². The summed E-state index contributed by atoms with van der Waals surface area (Å²) in [6, 6.07) is 21.9. The van der Waals surface area contributed by atoms with E-state index in [0.717, 1.165) is 23.1 Å². The summed E-state index contributed by atoms with van der Waals surface area (Å²) in [5.41, 5.74) is 4.18. The number of aliphatic hydroxyl groups is 1. The van der Waals surface area contributed by atoms with Crippen LogP contribution in [0.5, 0.6) is 5.75 Å². The van der Waals surface area contributed by atoms with Gasteiger partial charge in [-0.1, -0.05) is 83.1 Å². The number of carbonyl (C=O) groups is 2. The Morgan fingerprint density at radius 2 is 1.49 bits per heavy atom. The minimum absolute atomic E-state index is 0.0721. The predicted octanol–water partition coefficient (Wildman–Crippen LogP) is 7.35. The van der Waals surface area contributed by atoms with E-state index in [9.17, 15) is 14.7 Å². The second-order valence-electron chi connectivity index (χ2n) is 10.1. The van der Waals surface area contributed by atoms with E-state index in [4.69, 9.17) is 4.74 Å². The van der Waals surface area contributed by atoms with Gasteiger partial charge in [-0.25, -0.2) is 0 Å². The molecule has 0 saturated carbocycles. The maximum atomic E-state index is 13.5. The zero-order valence-corrected chi connectivity index (χ0v) is 22.2. The highest BCUT2D eigenvalue weighted by Crippen LogP contribution is 2.43. The van der Waals surface area contributed by atoms with Gasteiger partial charge < -0.3 is 9.84 Å². The molecule has 3 aromatic rings. The number of nitrogens with zero attached hydrogens (tertiary/aromatic N) is 1. The summed E-state index contributed by atoms with van der Waals surface area (Å²) in [7, 11) is 0. The maximum absolute atomic E-state index is 13.5. The highest BCUT2D eigenvalue weighted by molar-refractivity contribution is 6.51. The van der Waals surface area contributed by atoms with Gasteiger partial charge in [0.05, 0.1) is 18.2 Å². The number of hydrogen-bond acceptors (Lipinski definition) is 4. The Morgan fingerprint density at radius 1 is 0.892 bits per heavy atom. The van der Waals surface area contributed by atoms with Crippen molar-refractivity contribution in [1.29, 1.82) is 0 Å². The monoisotopic (exact) mass is 497 g/mol.